The summed E-state index contributed by atoms with van der Waals surface area (Å²) < 4.78 is 7.11. The van der Waals surface area contributed by atoms with Crippen molar-refractivity contribution in [3.63, 3.8) is 0 Å². The normalized spacial score (nSPS) is 14.4. The van der Waals surface area contributed by atoms with Gasteiger partial charge < -0.3 is 20.0 Å². The first-order valence-corrected chi connectivity index (χ1v) is 11.0. The van der Waals surface area contributed by atoms with E-state index in [1.807, 2.05) is 41.9 Å². The monoisotopic (exact) mass is 455 g/mol. The van der Waals surface area contributed by atoms with Crippen molar-refractivity contribution in [3.05, 3.63) is 59.1 Å². The summed E-state index contributed by atoms with van der Waals surface area (Å²) in [5, 5.41) is 11.2. The van der Waals surface area contributed by atoms with Crippen LogP contribution in [0.15, 0.2) is 47.1 Å². The molecular weight excluding hydrogens is 430 g/mol. The van der Waals surface area contributed by atoms with Gasteiger partial charge in [-0.2, -0.15) is 5.10 Å². The van der Waals surface area contributed by atoms with Gasteiger partial charge in [-0.15, -0.1) is 0 Å². The smallest absolute Gasteiger partial charge is 0.223 e. The number of piperidine rings is 1. The van der Waals surface area contributed by atoms with Gasteiger partial charge in [-0.3, -0.25) is 9.59 Å². The van der Waals surface area contributed by atoms with Crippen LogP contribution in [0.5, 0.6) is 0 Å². The molecule has 4 rings (SSSR count). The zero-order valence-electron chi connectivity index (χ0n) is 18.1. The second-order valence-electron chi connectivity index (χ2n) is 7.91. The molecule has 0 radical (unpaired) electrons. The number of aryl methyl sites for hydroxylation is 1. The predicted octanol–water partition coefficient (Wildman–Crippen LogP) is 3.92. The lowest BCUT2D eigenvalue weighted by atomic mass is 9.95. The first kappa shape index (κ1) is 22.0. The third-order valence-electron chi connectivity index (χ3n) is 5.59. The number of carbonyl (C=O) groups excluding carboxylic acids is 2. The van der Waals surface area contributed by atoms with E-state index < -0.39 is 0 Å². The summed E-state index contributed by atoms with van der Waals surface area (Å²) in [5.74, 6) is 1.36. The van der Waals surface area contributed by atoms with Crippen molar-refractivity contribution in [2.45, 2.75) is 33.2 Å². The standard InChI is InChI=1S/C23H26ClN5O3/c1-15-21(26-16(2)30)23(29(27-15)19-7-5-18(24)6-8-19)28-11-9-17(10-12-28)22(31)25-14-20-4-3-13-32-20/h3-8,13,17H,9-12,14H2,1-2H3,(H,25,31)(H,26,30). The molecule has 1 fully saturated rings. The number of halogens is 1. The molecule has 0 unspecified atom stereocenters. The number of furan rings is 1. The number of nitrogens with zero attached hydrogens (tertiary/aromatic N) is 3. The van der Waals surface area contributed by atoms with Crippen molar-refractivity contribution in [2.24, 2.45) is 5.92 Å². The molecular formula is C23H26ClN5O3. The number of nitrogens with one attached hydrogen (secondary N) is 2. The second-order valence-corrected chi connectivity index (χ2v) is 8.35. The first-order valence-electron chi connectivity index (χ1n) is 10.6. The van der Waals surface area contributed by atoms with E-state index in [1.165, 1.54) is 6.92 Å². The molecule has 3 heterocycles. The van der Waals surface area contributed by atoms with Crippen LogP contribution in [0, 0.1) is 12.8 Å². The predicted molar refractivity (Wildman–Crippen MR) is 123 cm³/mol. The van der Waals surface area contributed by atoms with Crippen LogP contribution in [-0.2, 0) is 16.1 Å². The Kier molecular flexibility index (Phi) is 6.50. The average Bonchev–Trinajstić information content (AvgIpc) is 3.41. The lowest BCUT2D eigenvalue weighted by molar-refractivity contribution is -0.125. The molecule has 0 saturated carbocycles. The Morgan fingerprint density at radius 3 is 2.53 bits per heavy atom. The van der Waals surface area contributed by atoms with Crippen LogP contribution in [-0.4, -0.2) is 34.7 Å². The van der Waals surface area contributed by atoms with Crippen molar-refractivity contribution in [3.8, 4) is 5.69 Å². The highest BCUT2D eigenvalue weighted by Gasteiger charge is 2.29. The molecule has 0 aliphatic carbocycles. The lowest BCUT2D eigenvalue weighted by Crippen LogP contribution is -2.41. The van der Waals surface area contributed by atoms with Crippen LogP contribution in [0.4, 0.5) is 11.5 Å². The maximum absolute atomic E-state index is 12.6. The quantitative estimate of drug-likeness (QED) is 0.587. The molecule has 2 N–H and O–H groups in total. The zero-order chi connectivity index (χ0) is 22.7. The van der Waals surface area contributed by atoms with Crippen molar-refractivity contribution in [1.82, 2.24) is 15.1 Å². The molecule has 0 atom stereocenters. The Labute approximate surface area is 191 Å². The molecule has 0 bridgehead atoms. The molecule has 1 aliphatic rings. The minimum atomic E-state index is -0.155. The average molecular weight is 456 g/mol. The molecule has 9 heteroatoms. The van der Waals surface area contributed by atoms with Gasteiger partial charge in [0.15, 0.2) is 5.82 Å². The second kappa shape index (κ2) is 9.48. The Morgan fingerprint density at radius 1 is 1.19 bits per heavy atom. The summed E-state index contributed by atoms with van der Waals surface area (Å²) in [6.45, 7) is 5.09. The van der Waals surface area contributed by atoms with Crippen molar-refractivity contribution < 1.29 is 14.0 Å². The summed E-state index contributed by atoms with van der Waals surface area (Å²) in [6, 6.07) is 11.1. The van der Waals surface area contributed by atoms with Gasteiger partial charge in [0.05, 0.1) is 24.2 Å². The van der Waals surface area contributed by atoms with Gasteiger partial charge in [0.25, 0.3) is 0 Å². The number of amides is 2. The third-order valence-corrected chi connectivity index (χ3v) is 5.84. The maximum Gasteiger partial charge on any atom is 0.223 e. The lowest BCUT2D eigenvalue weighted by Gasteiger charge is -2.33. The topological polar surface area (TPSA) is 92.4 Å². The summed E-state index contributed by atoms with van der Waals surface area (Å²) in [5.41, 5.74) is 2.26. The van der Waals surface area contributed by atoms with Crippen molar-refractivity contribution in [1.29, 1.82) is 0 Å². The van der Waals surface area contributed by atoms with E-state index in [4.69, 9.17) is 16.0 Å². The molecule has 1 aliphatic heterocycles. The van der Waals surface area contributed by atoms with E-state index in [1.54, 1.807) is 12.3 Å². The van der Waals surface area contributed by atoms with E-state index in [9.17, 15) is 9.59 Å². The fraction of sp³-hybridized carbons (Fsp3) is 0.348. The van der Waals surface area contributed by atoms with Crippen LogP contribution in [0.1, 0.15) is 31.2 Å². The Bertz CT molecular complexity index is 1080. The van der Waals surface area contributed by atoms with Crippen LogP contribution in [0.3, 0.4) is 0 Å². The molecule has 1 aromatic carbocycles. The molecule has 32 heavy (non-hydrogen) atoms. The maximum atomic E-state index is 12.6. The highest BCUT2D eigenvalue weighted by Crippen LogP contribution is 2.35. The van der Waals surface area contributed by atoms with Gasteiger partial charge >= 0.3 is 0 Å². The summed E-state index contributed by atoms with van der Waals surface area (Å²) in [7, 11) is 0. The van der Waals surface area contributed by atoms with Gasteiger partial charge in [-0.05, 0) is 56.2 Å². The van der Waals surface area contributed by atoms with Gasteiger partial charge in [0.1, 0.15) is 11.4 Å². The minimum absolute atomic E-state index is 0.0329. The summed E-state index contributed by atoms with van der Waals surface area (Å²) in [4.78, 5) is 26.6. The van der Waals surface area contributed by atoms with E-state index >= 15 is 0 Å². The van der Waals surface area contributed by atoms with Crippen LogP contribution < -0.4 is 15.5 Å². The Morgan fingerprint density at radius 2 is 1.91 bits per heavy atom. The number of anilines is 2. The van der Waals surface area contributed by atoms with Crippen molar-refractivity contribution >= 4 is 34.9 Å². The fourth-order valence-corrected chi connectivity index (χ4v) is 4.10. The van der Waals surface area contributed by atoms with E-state index in [0.717, 1.165) is 23.0 Å². The molecule has 0 spiro atoms. The SMILES string of the molecule is CC(=O)Nc1c(C)nn(-c2ccc(Cl)cc2)c1N1CCC(C(=O)NCc2ccco2)CC1. The zero-order valence-corrected chi connectivity index (χ0v) is 18.9. The van der Waals surface area contributed by atoms with Crippen molar-refractivity contribution in [2.75, 3.05) is 23.3 Å². The van der Waals surface area contributed by atoms with Gasteiger partial charge in [0.2, 0.25) is 11.8 Å². The Hall–Kier alpha value is -3.26. The van der Waals surface area contributed by atoms with Crippen LogP contribution in [0.25, 0.3) is 5.69 Å². The molecule has 3 aromatic rings. The number of rotatable bonds is 6. The molecule has 2 aromatic heterocycles. The highest BCUT2D eigenvalue weighted by molar-refractivity contribution is 6.30. The van der Waals surface area contributed by atoms with Crippen LogP contribution >= 0.6 is 11.6 Å². The van der Waals surface area contributed by atoms with E-state index in [-0.39, 0.29) is 17.7 Å². The number of carbonyl (C=O) groups is 2. The van der Waals surface area contributed by atoms with Crippen LogP contribution in [0.2, 0.25) is 5.02 Å². The third kappa shape index (κ3) is 4.80. The number of aromatic nitrogens is 2. The fourth-order valence-electron chi connectivity index (χ4n) is 3.98. The van der Waals surface area contributed by atoms with E-state index in [2.05, 4.69) is 20.6 Å². The molecule has 168 valence electrons. The number of hydrogen-bond acceptors (Lipinski definition) is 5. The Balaban J connectivity index is 1.52. The van der Waals surface area contributed by atoms with Gasteiger partial charge in [-0.25, -0.2) is 4.68 Å². The highest BCUT2D eigenvalue weighted by atomic mass is 35.5. The molecule has 1 saturated heterocycles. The summed E-state index contributed by atoms with van der Waals surface area (Å²) in [6.07, 6.45) is 3.00. The van der Waals surface area contributed by atoms with Gasteiger partial charge in [0, 0.05) is 31.0 Å². The number of hydrogen-bond donors (Lipinski definition) is 2. The number of benzene rings is 1. The molecule has 8 nitrogen and oxygen atoms in total. The van der Waals surface area contributed by atoms with Gasteiger partial charge in [-0.1, -0.05) is 11.6 Å². The summed E-state index contributed by atoms with van der Waals surface area (Å²) >= 11 is 6.06. The first-order chi connectivity index (χ1) is 15.4. The molecule has 2 amide bonds. The van der Waals surface area contributed by atoms with E-state index in [0.29, 0.717) is 43.2 Å². The largest absolute Gasteiger partial charge is 0.467 e. The minimum Gasteiger partial charge on any atom is -0.467 e.